The highest BCUT2D eigenvalue weighted by Crippen LogP contribution is 2.24. The second-order valence-corrected chi connectivity index (χ2v) is 6.35. The van der Waals surface area contributed by atoms with Crippen molar-refractivity contribution in [3.63, 3.8) is 0 Å². The Morgan fingerprint density at radius 2 is 2.12 bits per heavy atom. The average Bonchev–Trinajstić information content (AvgIpc) is 2.37. The highest BCUT2D eigenvalue weighted by atomic mass is 35.5. The number of aromatic nitrogens is 3. The van der Waals surface area contributed by atoms with Gasteiger partial charge in [-0.25, -0.2) is 0 Å². The van der Waals surface area contributed by atoms with Gasteiger partial charge in [0.2, 0.25) is 17.2 Å². The van der Waals surface area contributed by atoms with E-state index >= 15 is 0 Å². The summed E-state index contributed by atoms with van der Waals surface area (Å²) in [7, 11) is 1.75. The third-order valence-corrected chi connectivity index (χ3v) is 5.22. The minimum Gasteiger partial charge on any atom is -0.357 e. The minimum atomic E-state index is 0.206. The summed E-state index contributed by atoms with van der Waals surface area (Å²) in [5, 5.41) is 6.88. The fraction of sp³-hybridized carbons (Fsp3) is 0.667. The van der Waals surface area contributed by atoms with E-state index in [4.69, 9.17) is 11.6 Å². The lowest BCUT2D eigenvalue weighted by Crippen LogP contribution is -2.24. The number of halogens is 1. The Kier molecular flexibility index (Phi) is 4.99. The van der Waals surface area contributed by atoms with E-state index in [1.807, 2.05) is 23.5 Å². The first-order chi connectivity index (χ1) is 8.28. The maximum atomic E-state index is 5.80. The third-order valence-electron chi connectivity index (χ3n) is 2.20. The fourth-order valence-electron chi connectivity index (χ4n) is 1.40. The van der Waals surface area contributed by atoms with Crippen LogP contribution in [0.3, 0.4) is 0 Å². The average molecular weight is 292 g/mol. The van der Waals surface area contributed by atoms with Crippen LogP contribution in [-0.4, -0.2) is 51.1 Å². The van der Waals surface area contributed by atoms with E-state index in [0.717, 1.165) is 6.54 Å². The smallest absolute Gasteiger partial charge is 0.228 e. The maximum absolute atomic E-state index is 5.80. The van der Waals surface area contributed by atoms with Crippen molar-refractivity contribution in [3.8, 4) is 0 Å². The van der Waals surface area contributed by atoms with Crippen molar-refractivity contribution in [2.75, 3.05) is 41.5 Å². The molecule has 0 spiro atoms. The molecule has 0 saturated carbocycles. The van der Waals surface area contributed by atoms with Crippen LogP contribution in [0.1, 0.15) is 0 Å². The molecule has 17 heavy (non-hydrogen) atoms. The van der Waals surface area contributed by atoms with Gasteiger partial charge in [0.25, 0.3) is 0 Å². The zero-order valence-electron chi connectivity index (χ0n) is 9.44. The Labute approximate surface area is 114 Å². The summed E-state index contributed by atoms with van der Waals surface area (Å²) in [4.78, 5) is 12.2. The van der Waals surface area contributed by atoms with Crippen LogP contribution in [0.15, 0.2) is 0 Å². The van der Waals surface area contributed by atoms with Gasteiger partial charge in [-0.1, -0.05) is 0 Å². The van der Waals surface area contributed by atoms with Crippen molar-refractivity contribution in [1.29, 1.82) is 0 Å². The van der Waals surface area contributed by atoms with E-state index in [-0.39, 0.29) is 5.28 Å². The number of rotatable bonds is 4. The van der Waals surface area contributed by atoms with E-state index in [0.29, 0.717) is 17.1 Å². The molecule has 2 N–H and O–H groups in total. The van der Waals surface area contributed by atoms with Gasteiger partial charge in [-0.15, -0.1) is 0 Å². The number of thioether (sulfide) groups is 2. The largest absolute Gasteiger partial charge is 0.357 e. The Balaban J connectivity index is 1.91. The molecule has 1 saturated heterocycles. The zero-order chi connectivity index (χ0) is 12.1. The van der Waals surface area contributed by atoms with E-state index < -0.39 is 0 Å². The minimum absolute atomic E-state index is 0.206. The summed E-state index contributed by atoms with van der Waals surface area (Å²) >= 11 is 9.79. The van der Waals surface area contributed by atoms with E-state index in [2.05, 4.69) is 25.6 Å². The molecule has 94 valence electrons. The Morgan fingerprint density at radius 3 is 2.82 bits per heavy atom. The molecule has 0 aromatic carbocycles. The number of nitrogens with one attached hydrogen (secondary N) is 2. The van der Waals surface area contributed by atoms with Crippen molar-refractivity contribution >= 4 is 47.0 Å². The number of nitrogens with zero attached hydrogens (tertiary/aromatic N) is 3. The number of hydrogen-bond donors (Lipinski definition) is 2. The molecule has 1 aromatic rings. The van der Waals surface area contributed by atoms with Gasteiger partial charge in [0.15, 0.2) is 0 Å². The van der Waals surface area contributed by atoms with Gasteiger partial charge in [-0.05, 0) is 11.6 Å². The predicted octanol–water partition coefficient (Wildman–Crippen LogP) is 1.83. The Morgan fingerprint density at radius 1 is 1.29 bits per heavy atom. The Hall–Kier alpha value is -0.400. The topological polar surface area (TPSA) is 62.7 Å². The molecule has 1 aliphatic rings. The summed E-state index contributed by atoms with van der Waals surface area (Å²) in [6.07, 6.45) is 0. The van der Waals surface area contributed by atoms with Crippen LogP contribution in [0.25, 0.3) is 0 Å². The SMILES string of the molecule is CNc1nc(Cl)nc(NCC2CSCCS2)n1. The molecule has 0 bridgehead atoms. The van der Waals surface area contributed by atoms with Crippen molar-refractivity contribution in [2.24, 2.45) is 0 Å². The van der Waals surface area contributed by atoms with Crippen LogP contribution in [0.2, 0.25) is 5.28 Å². The lowest BCUT2D eigenvalue weighted by molar-refractivity contribution is 0.956. The van der Waals surface area contributed by atoms with Crippen molar-refractivity contribution in [2.45, 2.75) is 5.25 Å². The molecule has 1 fully saturated rings. The van der Waals surface area contributed by atoms with Gasteiger partial charge < -0.3 is 10.6 Å². The monoisotopic (exact) mass is 291 g/mol. The molecule has 0 aliphatic carbocycles. The molecule has 1 aliphatic heterocycles. The highest BCUT2D eigenvalue weighted by molar-refractivity contribution is 8.06. The summed E-state index contributed by atoms with van der Waals surface area (Å²) in [5.74, 6) is 4.66. The first-order valence-electron chi connectivity index (χ1n) is 5.30. The van der Waals surface area contributed by atoms with Crippen molar-refractivity contribution in [3.05, 3.63) is 5.28 Å². The normalized spacial score (nSPS) is 20.0. The lowest BCUT2D eigenvalue weighted by Gasteiger charge is -2.21. The van der Waals surface area contributed by atoms with Crippen LogP contribution >= 0.6 is 35.1 Å². The molecular weight excluding hydrogens is 278 g/mol. The number of anilines is 2. The van der Waals surface area contributed by atoms with Gasteiger partial charge in [0, 0.05) is 36.1 Å². The van der Waals surface area contributed by atoms with Gasteiger partial charge in [-0.2, -0.15) is 38.5 Å². The fourth-order valence-corrected chi connectivity index (χ4v) is 4.17. The molecular formula is C9H14ClN5S2. The van der Waals surface area contributed by atoms with Crippen LogP contribution < -0.4 is 10.6 Å². The van der Waals surface area contributed by atoms with Crippen LogP contribution in [0.4, 0.5) is 11.9 Å². The lowest BCUT2D eigenvalue weighted by atomic mass is 10.5. The van der Waals surface area contributed by atoms with Gasteiger partial charge in [-0.3, -0.25) is 0 Å². The second kappa shape index (κ2) is 6.51. The third kappa shape index (κ3) is 4.08. The molecule has 1 atom stereocenters. The summed E-state index contributed by atoms with van der Waals surface area (Å²) < 4.78 is 0. The second-order valence-electron chi connectivity index (χ2n) is 3.45. The Bertz CT molecular complexity index is 372. The van der Waals surface area contributed by atoms with E-state index in [1.54, 1.807) is 7.05 Å². The molecule has 8 heteroatoms. The molecule has 2 rings (SSSR count). The van der Waals surface area contributed by atoms with Gasteiger partial charge in [0.05, 0.1) is 0 Å². The molecule has 1 aromatic heterocycles. The van der Waals surface area contributed by atoms with Crippen LogP contribution in [0, 0.1) is 0 Å². The molecule has 0 amide bonds. The van der Waals surface area contributed by atoms with Crippen molar-refractivity contribution in [1.82, 2.24) is 15.0 Å². The van der Waals surface area contributed by atoms with Crippen LogP contribution in [-0.2, 0) is 0 Å². The van der Waals surface area contributed by atoms with Crippen LogP contribution in [0.5, 0.6) is 0 Å². The first-order valence-corrected chi connectivity index (χ1v) is 7.88. The summed E-state index contributed by atoms with van der Waals surface area (Å²) in [6.45, 7) is 0.862. The van der Waals surface area contributed by atoms with Gasteiger partial charge >= 0.3 is 0 Å². The quantitative estimate of drug-likeness (QED) is 0.877. The van der Waals surface area contributed by atoms with E-state index in [9.17, 15) is 0 Å². The standard InChI is InChI=1S/C9H14ClN5S2/c1-11-8-13-7(10)14-9(15-8)12-4-6-5-16-2-3-17-6/h6H,2-5H2,1H3,(H2,11,12,13,14,15). The predicted molar refractivity (Wildman–Crippen MR) is 76.4 cm³/mol. The van der Waals surface area contributed by atoms with Gasteiger partial charge in [0.1, 0.15) is 0 Å². The highest BCUT2D eigenvalue weighted by Gasteiger charge is 2.14. The first kappa shape index (κ1) is 13.0. The molecule has 5 nitrogen and oxygen atoms in total. The molecule has 0 radical (unpaired) electrons. The zero-order valence-corrected chi connectivity index (χ0v) is 11.8. The van der Waals surface area contributed by atoms with Crippen molar-refractivity contribution < 1.29 is 0 Å². The van der Waals surface area contributed by atoms with E-state index in [1.165, 1.54) is 17.3 Å². The maximum Gasteiger partial charge on any atom is 0.228 e. The molecule has 2 heterocycles. The summed E-state index contributed by atoms with van der Waals surface area (Å²) in [6, 6.07) is 0. The summed E-state index contributed by atoms with van der Waals surface area (Å²) in [5.41, 5.74) is 0. The number of hydrogen-bond acceptors (Lipinski definition) is 7. The molecule has 1 unspecified atom stereocenters.